The third-order valence-corrected chi connectivity index (χ3v) is 4.57. The van der Waals surface area contributed by atoms with E-state index in [-0.39, 0.29) is 18.1 Å². The maximum Gasteiger partial charge on any atom is 0.502 e. The Bertz CT molecular complexity index is 734. The lowest BCUT2D eigenvalue weighted by molar-refractivity contribution is -0.429. The van der Waals surface area contributed by atoms with Gasteiger partial charge in [-0.25, -0.2) is 0 Å². The molecule has 0 saturated carbocycles. The van der Waals surface area contributed by atoms with Crippen LogP contribution in [0, 0.1) is 5.41 Å². The minimum atomic E-state index is -1.50. The van der Waals surface area contributed by atoms with Gasteiger partial charge in [0, 0.05) is 6.54 Å². The van der Waals surface area contributed by atoms with Gasteiger partial charge in [-0.05, 0) is 20.5 Å². The Morgan fingerprint density at radius 1 is 1.33 bits per heavy atom. The first-order valence-electron chi connectivity index (χ1n) is 8.50. The molecular weight excluding hydrogens is 360 g/mol. The second-order valence-electron chi connectivity index (χ2n) is 6.78. The molecule has 0 aromatic heterocycles. The number of amides is 3. The summed E-state index contributed by atoms with van der Waals surface area (Å²) in [6.07, 6.45) is -4.76. The van der Waals surface area contributed by atoms with Gasteiger partial charge in [0.25, 0.3) is 11.5 Å². The van der Waals surface area contributed by atoms with Crippen LogP contribution in [0.5, 0.6) is 0 Å². The molecule has 3 rings (SSSR count). The second-order valence-corrected chi connectivity index (χ2v) is 6.78. The van der Waals surface area contributed by atoms with E-state index in [2.05, 4.69) is 10.3 Å². The maximum atomic E-state index is 13.0. The molecule has 27 heavy (non-hydrogen) atoms. The molecule has 0 radical (unpaired) electrons. The molecule has 0 aromatic carbocycles. The zero-order valence-electron chi connectivity index (χ0n) is 15.0. The van der Waals surface area contributed by atoms with Crippen LogP contribution in [0.15, 0.2) is 4.99 Å². The van der Waals surface area contributed by atoms with Crippen molar-refractivity contribution in [2.24, 2.45) is 4.99 Å². The molecule has 148 valence electrons. The number of hydrogen-bond donors (Lipinski definition) is 5. The zero-order chi connectivity index (χ0) is 19.9. The Morgan fingerprint density at radius 2 is 2.04 bits per heavy atom. The molecule has 12 nitrogen and oxygen atoms in total. The monoisotopic (exact) mass is 383 g/mol. The van der Waals surface area contributed by atoms with Crippen molar-refractivity contribution in [3.05, 3.63) is 0 Å². The van der Waals surface area contributed by atoms with Crippen molar-refractivity contribution in [3.8, 4) is 0 Å². The van der Waals surface area contributed by atoms with Gasteiger partial charge in [0.15, 0.2) is 0 Å². The first-order chi connectivity index (χ1) is 12.8. The molecule has 0 unspecified atom stereocenters. The molecule has 0 aromatic rings. The molecular formula is C15H23N6O6+. The summed E-state index contributed by atoms with van der Waals surface area (Å²) in [6.45, 7) is 0.342. The molecule has 12 heteroatoms. The van der Waals surface area contributed by atoms with E-state index in [4.69, 9.17) is 10.1 Å². The maximum absolute atomic E-state index is 13.0. The number of urea groups is 1. The average Bonchev–Trinajstić information content (AvgIpc) is 3.02. The van der Waals surface area contributed by atoms with Crippen molar-refractivity contribution in [3.63, 3.8) is 0 Å². The van der Waals surface area contributed by atoms with E-state index in [9.17, 15) is 24.9 Å². The van der Waals surface area contributed by atoms with Gasteiger partial charge in [-0.1, -0.05) is 0 Å². The van der Waals surface area contributed by atoms with Crippen LogP contribution in [0.2, 0.25) is 0 Å². The Kier molecular flexibility index (Phi) is 5.35. The van der Waals surface area contributed by atoms with Crippen LogP contribution >= 0.6 is 0 Å². The van der Waals surface area contributed by atoms with Crippen molar-refractivity contribution in [1.82, 2.24) is 15.1 Å². The summed E-state index contributed by atoms with van der Waals surface area (Å²) in [4.78, 5) is 32.2. The third-order valence-electron chi connectivity index (χ3n) is 4.57. The van der Waals surface area contributed by atoms with Crippen LogP contribution in [-0.2, 0) is 9.53 Å². The SMILES string of the molecule is CN(C)CCC[N+]1=C2C(=O)NC(=N)N=C2N([C@@H]2O[C@H](CO)[C@@H](O)[C@H]2O)C1=O. The summed E-state index contributed by atoms with van der Waals surface area (Å²) in [6, 6.07) is -0.651. The number of nitrogens with zero attached hydrogens (tertiary/aromatic N) is 4. The highest BCUT2D eigenvalue weighted by atomic mass is 16.6. The number of ether oxygens (including phenoxy) is 1. The van der Waals surface area contributed by atoms with E-state index in [0.29, 0.717) is 13.0 Å². The number of nitrogens with one attached hydrogen (secondary N) is 2. The lowest BCUT2D eigenvalue weighted by Crippen LogP contribution is -2.53. The summed E-state index contributed by atoms with van der Waals surface area (Å²) >= 11 is 0. The van der Waals surface area contributed by atoms with Crippen molar-refractivity contribution >= 4 is 29.4 Å². The number of hydrogen-bond acceptors (Lipinski definition) is 8. The molecule has 5 N–H and O–H groups in total. The normalized spacial score (nSPS) is 31.0. The van der Waals surface area contributed by atoms with E-state index in [1.807, 2.05) is 19.0 Å². The minimum absolute atomic E-state index is 0.0347. The summed E-state index contributed by atoms with van der Waals surface area (Å²) in [5.41, 5.74) is -0.0347. The van der Waals surface area contributed by atoms with Crippen molar-refractivity contribution in [2.45, 2.75) is 31.0 Å². The standard InChI is InChI=1S/C15H22N6O6/c1-19(2)4-3-5-20-8-11(17-14(16)18-12(8)25)21(15(20)26)13-10(24)9(23)7(6-22)27-13/h7,9-10,13,22-24H,3-6H2,1-2H3,(H-,16,18,25)/p+1/t7-,9-,10-,13-/m1/s1. The second kappa shape index (κ2) is 7.40. The summed E-state index contributed by atoms with van der Waals surface area (Å²) in [5, 5.41) is 39.4. The van der Waals surface area contributed by atoms with E-state index >= 15 is 0 Å². The molecule has 0 aliphatic carbocycles. The van der Waals surface area contributed by atoms with Gasteiger partial charge < -0.3 is 25.0 Å². The smallest absolute Gasteiger partial charge is 0.394 e. The summed E-state index contributed by atoms with van der Waals surface area (Å²) in [5.74, 6) is -1.22. The van der Waals surface area contributed by atoms with Gasteiger partial charge >= 0.3 is 11.9 Å². The number of guanidine groups is 1. The fraction of sp³-hybridized carbons (Fsp3) is 0.667. The van der Waals surface area contributed by atoms with E-state index in [0.717, 1.165) is 4.90 Å². The Morgan fingerprint density at radius 3 is 2.63 bits per heavy atom. The van der Waals surface area contributed by atoms with Crippen LogP contribution in [0.25, 0.3) is 0 Å². The largest absolute Gasteiger partial charge is 0.502 e. The molecule has 4 atom stereocenters. The Balaban J connectivity index is 1.94. The lowest BCUT2D eigenvalue weighted by atomic mass is 10.1. The number of rotatable bonds is 6. The predicted octanol–water partition coefficient (Wildman–Crippen LogP) is -3.27. The van der Waals surface area contributed by atoms with Gasteiger partial charge in [-0.15, -0.1) is 4.90 Å². The topological polar surface area (TPSA) is 162 Å². The molecule has 3 aliphatic heterocycles. The predicted molar refractivity (Wildman–Crippen MR) is 91.6 cm³/mol. The number of fused-ring (bicyclic) bond motifs is 1. The lowest BCUT2D eigenvalue weighted by Gasteiger charge is -2.20. The molecule has 0 bridgehead atoms. The molecule has 3 aliphatic rings. The number of carbonyl (C=O) groups excluding carboxylic acids is 2. The highest BCUT2D eigenvalue weighted by Crippen LogP contribution is 2.27. The van der Waals surface area contributed by atoms with Crippen LogP contribution < -0.4 is 5.32 Å². The van der Waals surface area contributed by atoms with Gasteiger partial charge in [-0.3, -0.25) is 15.5 Å². The van der Waals surface area contributed by atoms with E-state index < -0.39 is 49.0 Å². The number of aliphatic hydroxyl groups excluding tert-OH is 3. The Labute approximate surface area is 154 Å². The highest BCUT2D eigenvalue weighted by molar-refractivity contribution is 6.70. The molecule has 3 amide bonds. The summed E-state index contributed by atoms with van der Waals surface area (Å²) in [7, 11) is 3.76. The van der Waals surface area contributed by atoms with E-state index in [1.165, 1.54) is 4.58 Å². The van der Waals surface area contributed by atoms with Crippen molar-refractivity contribution in [2.75, 3.05) is 33.8 Å². The highest BCUT2D eigenvalue weighted by Gasteiger charge is 2.60. The molecule has 0 spiro atoms. The molecule has 1 saturated heterocycles. The van der Waals surface area contributed by atoms with Crippen LogP contribution in [-0.4, -0.2) is 117 Å². The van der Waals surface area contributed by atoms with Crippen LogP contribution in [0.4, 0.5) is 4.79 Å². The number of carbonyl (C=O) groups is 2. The van der Waals surface area contributed by atoms with Gasteiger partial charge in [-0.2, -0.15) is 14.4 Å². The quantitative estimate of drug-likeness (QED) is 0.301. The first-order valence-corrected chi connectivity index (χ1v) is 8.50. The van der Waals surface area contributed by atoms with Gasteiger partial charge in [0.1, 0.15) is 18.3 Å². The Hall–Kier alpha value is -2.25. The fourth-order valence-electron chi connectivity index (χ4n) is 3.26. The van der Waals surface area contributed by atoms with Crippen LogP contribution in [0.3, 0.4) is 0 Å². The molecule has 1 fully saturated rings. The third kappa shape index (κ3) is 3.37. The fourth-order valence-corrected chi connectivity index (χ4v) is 3.26. The summed E-state index contributed by atoms with van der Waals surface area (Å²) < 4.78 is 6.64. The number of amidine groups is 1. The number of aliphatic imine (C=N–C) groups is 1. The zero-order valence-corrected chi connectivity index (χ0v) is 15.0. The average molecular weight is 383 g/mol. The van der Waals surface area contributed by atoms with E-state index in [1.54, 1.807) is 0 Å². The minimum Gasteiger partial charge on any atom is -0.394 e. The van der Waals surface area contributed by atoms with Gasteiger partial charge in [0.05, 0.1) is 13.2 Å². The molecule has 3 heterocycles. The van der Waals surface area contributed by atoms with Crippen LogP contribution in [0.1, 0.15) is 6.42 Å². The van der Waals surface area contributed by atoms with Crippen molar-refractivity contribution in [1.29, 1.82) is 5.41 Å². The number of aliphatic hydroxyl groups is 3. The van der Waals surface area contributed by atoms with Gasteiger partial charge in [0.2, 0.25) is 12.2 Å². The van der Waals surface area contributed by atoms with Crippen molar-refractivity contribution < 1.29 is 34.2 Å². The first kappa shape index (κ1) is 19.5.